The standard InChI is InChI=1S/C21H25BrF2N2O3S/c22-19-5-4-18(30-19)21(6-2-1-3-7-21)25-12-17(27)16(26-20(28)29)10-13-8-14(23)11-15(24)9-13/h4-5,8-9,11,16-17,25-27H,1-3,6-7,10,12H2,(H,28,29). The molecule has 1 aliphatic rings. The predicted molar refractivity (Wildman–Crippen MR) is 116 cm³/mol. The zero-order valence-electron chi connectivity index (χ0n) is 16.3. The van der Waals surface area contributed by atoms with E-state index in [-0.39, 0.29) is 24.1 Å². The molecule has 2 unspecified atom stereocenters. The molecule has 5 nitrogen and oxygen atoms in total. The van der Waals surface area contributed by atoms with E-state index >= 15 is 0 Å². The maximum atomic E-state index is 13.5. The summed E-state index contributed by atoms with van der Waals surface area (Å²) in [7, 11) is 0. The molecule has 1 saturated carbocycles. The first-order valence-corrected chi connectivity index (χ1v) is 11.5. The van der Waals surface area contributed by atoms with Gasteiger partial charge in [0.2, 0.25) is 0 Å². The van der Waals surface area contributed by atoms with Crippen LogP contribution in [-0.4, -0.2) is 35.0 Å². The molecule has 1 aromatic heterocycles. The number of rotatable bonds is 8. The maximum Gasteiger partial charge on any atom is 0.404 e. The van der Waals surface area contributed by atoms with Crippen LogP contribution in [0.2, 0.25) is 0 Å². The van der Waals surface area contributed by atoms with Crippen molar-refractivity contribution in [2.75, 3.05) is 6.54 Å². The molecule has 1 amide bonds. The highest BCUT2D eigenvalue weighted by atomic mass is 79.9. The fourth-order valence-corrected chi connectivity index (χ4v) is 5.71. The van der Waals surface area contributed by atoms with Gasteiger partial charge in [-0.05, 0) is 65.0 Å². The fourth-order valence-electron chi connectivity index (χ4n) is 4.10. The molecule has 3 rings (SSSR count). The van der Waals surface area contributed by atoms with Gasteiger partial charge in [0.05, 0.1) is 21.5 Å². The van der Waals surface area contributed by atoms with Gasteiger partial charge < -0.3 is 20.8 Å². The van der Waals surface area contributed by atoms with Crippen LogP contribution in [0.25, 0.3) is 0 Å². The lowest BCUT2D eigenvalue weighted by molar-refractivity contribution is 0.101. The van der Waals surface area contributed by atoms with Crippen LogP contribution >= 0.6 is 27.3 Å². The molecule has 0 saturated heterocycles. The van der Waals surface area contributed by atoms with Gasteiger partial charge in [-0.2, -0.15) is 0 Å². The van der Waals surface area contributed by atoms with Gasteiger partial charge >= 0.3 is 6.09 Å². The van der Waals surface area contributed by atoms with Crippen LogP contribution in [-0.2, 0) is 12.0 Å². The van der Waals surface area contributed by atoms with Crippen molar-refractivity contribution in [3.05, 3.63) is 56.2 Å². The van der Waals surface area contributed by atoms with Crippen molar-refractivity contribution in [1.29, 1.82) is 0 Å². The smallest absolute Gasteiger partial charge is 0.404 e. The first-order valence-electron chi connectivity index (χ1n) is 9.91. The second-order valence-corrected chi connectivity index (χ2v) is 10.2. The molecule has 1 aliphatic carbocycles. The van der Waals surface area contributed by atoms with Gasteiger partial charge in [-0.25, -0.2) is 13.6 Å². The Hall–Kier alpha value is -1.55. The van der Waals surface area contributed by atoms with Crippen LogP contribution in [0.15, 0.2) is 34.1 Å². The Balaban J connectivity index is 1.73. The number of aliphatic hydroxyl groups is 1. The average molecular weight is 503 g/mol. The second-order valence-electron chi connectivity index (χ2n) is 7.73. The summed E-state index contributed by atoms with van der Waals surface area (Å²) in [6.07, 6.45) is 2.75. The Bertz CT molecular complexity index is 853. The molecule has 9 heteroatoms. The maximum absolute atomic E-state index is 13.5. The monoisotopic (exact) mass is 502 g/mol. The van der Waals surface area contributed by atoms with E-state index in [0.717, 1.165) is 54.1 Å². The summed E-state index contributed by atoms with van der Waals surface area (Å²) < 4.78 is 28.1. The molecule has 30 heavy (non-hydrogen) atoms. The number of amides is 1. The highest BCUT2D eigenvalue weighted by molar-refractivity contribution is 9.11. The second kappa shape index (κ2) is 10.2. The minimum Gasteiger partial charge on any atom is -0.465 e. The van der Waals surface area contributed by atoms with E-state index in [2.05, 4.69) is 32.6 Å². The number of carbonyl (C=O) groups is 1. The summed E-state index contributed by atoms with van der Waals surface area (Å²) in [6, 6.07) is 6.21. The third kappa shape index (κ3) is 6.00. The topological polar surface area (TPSA) is 81.6 Å². The molecule has 164 valence electrons. The van der Waals surface area contributed by atoms with Gasteiger partial charge in [0, 0.05) is 17.5 Å². The molecule has 0 radical (unpaired) electrons. The Morgan fingerprint density at radius 1 is 1.17 bits per heavy atom. The Morgan fingerprint density at radius 2 is 1.83 bits per heavy atom. The van der Waals surface area contributed by atoms with Crippen molar-refractivity contribution in [1.82, 2.24) is 10.6 Å². The van der Waals surface area contributed by atoms with E-state index in [9.17, 15) is 23.8 Å². The van der Waals surface area contributed by atoms with E-state index in [1.54, 1.807) is 11.3 Å². The molecular weight excluding hydrogens is 478 g/mol. The van der Waals surface area contributed by atoms with Gasteiger partial charge in [0.25, 0.3) is 0 Å². The van der Waals surface area contributed by atoms with E-state index in [1.807, 2.05) is 6.07 Å². The summed E-state index contributed by atoms with van der Waals surface area (Å²) >= 11 is 5.16. The highest BCUT2D eigenvalue weighted by Crippen LogP contribution is 2.41. The van der Waals surface area contributed by atoms with Gasteiger partial charge in [0.1, 0.15) is 11.6 Å². The number of benzene rings is 1. The van der Waals surface area contributed by atoms with Gasteiger partial charge in [-0.3, -0.25) is 0 Å². The average Bonchev–Trinajstić information content (AvgIpc) is 3.12. The molecule has 0 spiro atoms. The van der Waals surface area contributed by atoms with Crippen LogP contribution in [0.4, 0.5) is 13.6 Å². The summed E-state index contributed by atoms with van der Waals surface area (Å²) in [6.45, 7) is 0.151. The van der Waals surface area contributed by atoms with Crippen molar-refractivity contribution in [3.63, 3.8) is 0 Å². The van der Waals surface area contributed by atoms with Crippen molar-refractivity contribution >= 4 is 33.4 Å². The van der Waals surface area contributed by atoms with Crippen LogP contribution in [0.5, 0.6) is 0 Å². The van der Waals surface area contributed by atoms with Gasteiger partial charge in [-0.1, -0.05) is 19.3 Å². The molecule has 0 bridgehead atoms. The molecule has 1 aromatic carbocycles. The number of aliphatic hydroxyl groups excluding tert-OH is 1. The Labute approximate surface area is 186 Å². The number of halogens is 3. The number of hydrogen-bond acceptors (Lipinski definition) is 4. The van der Waals surface area contributed by atoms with Gasteiger partial charge in [-0.15, -0.1) is 11.3 Å². The molecule has 0 aliphatic heterocycles. The van der Waals surface area contributed by atoms with Crippen LogP contribution in [0, 0.1) is 11.6 Å². The van der Waals surface area contributed by atoms with Crippen LogP contribution in [0.1, 0.15) is 42.5 Å². The lowest BCUT2D eigenvalue weighted by Crippen LogP contribution is -2.53. The zero-order valence-corrected chi connectivity index (χ0v) is 18.7. The van der Waals surface area contributed by atoms with Crippen molar-refractivity contribution in [2.24, 2.45) is 0 Å². The normalized spacial score (nSPS) is 18.0. The van der Waals surface area contributed by atoms with E-state index < -0.39 is 29.9 Å². The fraction of sp³-hybridized carbons (Fsp3) is 0.476. The molecular formula is C21H25BrF2N2O3S. The lowest BCUT2D eigenvalue weighted by Gasteiger charge is -2.39. The summed E-state index contributed by atoms with van der Waals surface area (Å²) in [5, 5.41) is 25.7. The Morgan fingerprint density at radius 3 is 2.40 bits per heavy atom. The summed E-state index contributed by atoms with van der Waals surface area (Å²) in [5.41, 5.74) is 0.00846. The third-order valence-corrected chi connectivity index (χ3v) is 7.38. The number of hydrogen-bond donors (Lipinski definition) is 4. The largest absolute Gasteiger partial charge is 0.465 e. The van der Waals surface area contributed by atoms with E-state index in [1.165, 1.54) is 4.88 Å². The zero-order chi connectivity index (χ0) is 21.7. The summed E-state index contributed by atoms with van der Waals surface area (Å²) in [4.78, 5) is 12.4. The predicted octanol–water partition coefficient (Wildman–Crippen LogP) is 4.78. The quantitative estimate of drug-likeness (QED) is 0.418. The van der Waals surface area contributed by atoms with E-state index in [0.29, 0.717) is 0 Å². The number of thiophene rings is 1. The molecule has 2 atom stereocenters. The van der Waals surface area contributed by atoms with Crippen LogP contribution < -0.4 is 10.6 Å². The first-order chi connectivity index (χ1) is 14.3. The van der Waals surface area contributed by atoms with Crippen molar-refractivity contribution in [2.45, 2.75) is 56.2 Å². The number of nitrogens with one attached hydrogen (secondary N) is 2. The highest BCUT2D eigenvalue weighted by Gasteiger charge is 2.36. The third-order valence-electron chi connectivity index (χ3n) is 5.55. The Kier molecular flexibility index (Phi) is 7.84. The SMILES string of the molecule is O=C(O)NC(Cc1cc(F)cc(F)c1)C(O)CNC1(c2ccc(Br)s2)CCCCC1. The molecule has 4 N–H and O–H groups in total. The van der Waals surface area contributed by atoms with E-state index in [4.69, 9.17) is 0 Å². The minimum absolute atomic E-state index is 0.0264. The molecule has 1 fully saturated rings. The molecule has 1 heterocycles. The lowest BCUT2D eigenvalue weighted by atomic mass is 9.80. The number of carboxylic acid groups (broad SMARTS) is 1. The van der Waals surface area contributed by atoms with Crippen molar-refractivity contribution in [3.8, 4) is 0 Å². The summed E-state index contributed by atoms with van der Waals surface area (Å²) in [5.74, 6) is -1.48. The van der Waals surface area contributed by atoms with Crippen LogP contribution in [0.3, 0.4) is 0 Å². The minimum atomic E-state index is -1.30. The van der Waals surface area contributed by atoms with Gasteiger partial charge in [0.15, 0.2) is 0 Å². The van der Waals surface area contributed by atoms with Crippen molar-refractivity contribution < 1.29 is 23.8 Å². The first kappa shape index (κ1) is 23.1. The molecule has 2 aromatic rings.